The van der Waals surface area contributed by atoms with Gasteiger partial charge in [-0.1, -0.05) is 26.0 Å². The number of aromatic nitrogens is 3. The average Bonchev–Trinajstić information content (AvgIpc) is 3.24. The first-order valence-electron chi connectivity index (χ1n) is 11.4. The summed E-state index contributed by atoms with van der Waals surface area (Å²) in [5, 5.41) is 4.57. The van der Waals surface area contributed by atoms with Crippen molar-refractivity contribution >= 4 is 19.8 Å². The maximum absolute atomic E-state index is 4.57. The molecule has 0 N–H and O–H groups in total. The Kier molecular flexibility index (Phi) is 7.01. The fourth-order valence-electron chi connectivity index (χ4n) is 4.58. The molecular formula is C24H34N5P. The van der Waals surface area contributed by atoms with Crippen LogP contribution >= 0.6 is 8.58 Å². The third kappa shape index (κ3) is 4.53. The SMILES string of the molecule is CC.Cc1ncc2ccc(-c3ccc(N4CCC(N5CCPCC5)CC4)cc3)n2n1. The van der Waals surface area contributed by atoms with Crippen molar-refractivity contribution in [2.24, 2.45) is 0 Å². The predicted octanol–water partition coefficient (Wildman–Crippen LogP) is 4.69. The number of fused-ring (bicyclic) bond motifs is 1. The van der Waals surface area contributed by atoms with Crippen LogP contribution in [0.15, 0.2) is 42.6 Å². The molecule has 3 aromatic rings. The molecule has 160 valence electrons. The number of hydrogen-bond acceptors (Lipinski definition) is 4. The van der Waals surface area contributed by atoms with E-state index in [1.54, 1.807) is 0 Å². The minimum Gasteiger partial charge on any atom is -0.371 e. The van der Waals surface area contributed by atoms with Crippen molar-refractivity contribution in [1.29, 1.82) is 0 Å². The lowest BCUT2D eigenvalue weighted by Crippen LogP contribution is -2.47. The predicted molar refractivity (Wildman–Crippen MR) is 129 cm³/mol. The molecule has 0 bridgehead atoms. The second kappa shape index (κ2) is 9.89. The van der Waals surface area contributed by atoms with E-state index in [0.29, 0.717) is 0 Å². The van der Waals surface area contributed by atoms with Gasteiger partial charge in [-0.05, 0) is 56.4 Å². The van der Waals surface area contributed by atoms with Gasteiger partial charge in [-0.25, -0.2) is 9.50 Å². The lowest BCUT2D eigenvalue weighted by Gasteiger charge is -2.41. The fourth-order valence-corrected chi connectivity index (χ4v) is 5.72. The van der Waals surface area contributed by atoms with Crippen molar-refractivity contribution in [2.45, 2.75) is 39.7 Å². The van der Waals surface area contributed by atoms with Crippen molar-refractivity contribution in [1.82, 2.24) is 19.5 Å². The summed E-state index contributed by atoms with van der Waals surface area (Å²) in [7, 11) is 1.19. The van der Waals surface area contributed by atoms with Gasteiger partial charge in [0, 0.05) is 43.5 Å². The Morgan fingerprint density at radius 3 is 2.30 bits per heavy atom. The van der Waals surface area contributed by atoms with Crippen LogP contribution in [0.5, 0.6) is 0 Å². The quantitative estimate of drug-likeness (QED) is 0.573. The number of hydrogen-bond donors (Lipinski definition) is 0. The molecule has 30 heavy (non-hydrogen) atoms. The molecule has 0 aliphatic carbocycles. The first-order valence-corrected chi connectivity index (χ1v) is 12.8. The van der Waals surface area contributed by atoms with Crippen molar-refractivity contribution in [3.8, 4) is 11.3 Å². The maximum Gasteiger partial charge on any atom is 0.146 e. The number of aryl methyl sites for hydroxylation is 1. The van der Waals surface area contributed by atoms with Crippen LogP contribution < -0.4 is 4.90 Å². The van der Waals surface area contributed by atoms with Crippen LogP contribution in [0.25, 0.3) is 16.8 Å². The Bertz CT molecular complexity index is 938. The summed E-state index contributed by atoms with van der Waals surface area (Å²) >= 11 is 0. The molecule has 0 spiro atoms. The molecule has 2 aromatic heterocycles. The lowest BCUT2D eigenvalue weighted by atomic mass is 10.0. The molecule has 5 rings (SSSR count). The molecule has 6 heteroatoms. The summed E-state index contributed by atoms with van der Waals surface area (Å²) in [5.74, 6) is 0.790. The highest BCUT2D eigenvalue weighted by molar-refractivity contribution is 7.38. The van der Waals surface area contributed by atoms with Gasteiger partial charge in [0.25, 0.3) is 0 Å². The van der Waals surface area contributed by atoms with E-state index in [1.165, 1.54) is 71.2 Å². The standard InChI is InChI=1S/C22H28N5P.C2H6/c1-17-23-16-21-6-7-22(27(21)24-17)18-2-4-19(5-3-18)25-10-8-20(9-11-25)26-12-14-28-15-13-26;1-2/h2-7,16,20,28H,8-15H2,1H3;1-2H3. The molecule has 4 heterocycles. The van der Waals surface area contributed by atoms with Crippen molar-refractivity contribution < 1.29 is 0 Å². The first kappa shape index (κ1) is 21.3. The second-order valence-corrected chi connectivity index (χ2v) is 9.41. The highest BCUT2D eigenvalue weighted by atomic mass is 31.1. The van der Waals surface area contributed by atoms with Gasteiger partial charge in [0.15, 0.2) is 0 Å². The summed E-state index contributed by atoms with van der Waals surface area (Å²) in [6.07, 6.45) is 7.31. The van der Waals surface area contributed by atoms with Gasteiger partial charge in [0.1, 0.15) is 5.82 Å². The van der Waals surface area contributed by atoms with Gasteiger partial charge >= 0.3 is 0 Å². The van der Waals surface area contributed by atoms with E-state index in [1.807, 2.05) is 31.5 Å². The Labute approximate surface area is 182 Å². The highest BCUT2D eigenvalue weighted by Crippen LogP contribution is 2.28. The number of benzene rings is 1. The molecule has 0 unspecified atom stereocenters. The smallest absolute Gasteiger partial charge is 0.146 e. The molecular weight excluding hydrogens is 389 g/mol. The molecule has 0 amide bonds. The topological polar surface area (TPSA) is 36.7 Å². The van der Waals surface area contributed by atoms with E-state index >= 15 is 0 Å². The maximum atomic E-state index is 4.57. The molecule has 0 atom stereocenters. The van der Waals surface area contributed by atoms with E-state index in [4.69, 9.17) is 0 Å². The Balaban J connectivity index is 0.00000106. The van der Waals surface area contributed by atoms with Crippen molar-refractivity contribution in [3.05, 3.63) is 48.4 Å². The van der Waals surface area contributed by atoms with Gasteiger partial charge in [0.2, 0.25) is 0 Å². The monoisotopic (exact) mass is 423 g/mol. The van der Waals surface area contributed by atoms with Crippen LogP contribution in [0, 0.1) is 6.92 Å². The van der Waals surface area contributed by atoms with Crippen LogP contribution in [0.4, 0.5) is 5.69 Å². The summed E-state index contributed by atoms with van der Waals surface area (Å²) in [6, 6.07) is 14.0. The Hall–Kier alpha value is -1.97. The van der Waals surface area contributed by atoms with Gasteiger partial charge in [-0.15, -0.1) is 8.58 Å². The molecule has 2 fully saturated rings. The van der Waals surface area contributed by atoms with Crippen LogP contribution in [0.2, 0.25) is 0 Å². The van der Waals surface area contributed by atoms with E-state index in [2.05, 4.69) is 56.3 Å². The fraction of sp³-hybridized carbons (Fsp3) is 0.500. The van der Waals surface area contributed by atoms with Crippen LogP contribution in [0.3, 0.4) is 0 Å². The summed E-state index contributed by atoms with van der Waals surface area (Å²) in [5.41, 5.74) is 4.70. The minimum absolute atomic E-state index is 0.790. The zero-order valence-electron chi connectivity index (χ0n) is 18.5. The second-order valence-electron chi connectivity index (χ2n) is 7.91. The highest BCUT2D eigenvalue weighted by Gasteiger charge is 2.25. The van der Waals surface area contributed by atoms with Gasteiger partial charge in [-0.2, -0.15) is 5.10 Å². The van der Waals surface area contributed by atoms with Crippen molar-refractivity contribution in [2.75, 3.05) is 43.4 Å². The molecule has 2 aliphatic rings. The third-order valence-corrected chi connectivity index (χ3v) is 7.33. The largest absolute Gasteiger partial charge is 0.371 e. The zero-order valence-corrected chi connectivity index (χ0v) is 19.5. The summed E-state index contributed by atoms with van der Waals surface area (Å²) in [4.78, 5) is 9.59. The van der Waals surface area contributed by atoms with Gasteiger partial charge in [0.05, 0.1) is 17.4 Å². The average molecular weight is 424 g/mol. The third-order valence-electron chi connectivity index (χ3n) is 6.17. The van der Waals surface area contributed by atoms with Crippen molar-refractivity contribution in [3.63, 3.8) is 0 Å². The Morgan fingerprint density at radius 1 is 0.900 bits per heavy atom. The Morgan fingerprint density at radius 2 is 1.60 bits per heavy atom. The lowest BCUT2D eigenvalue weighted by molar-refractivity contribution is 0.185. The number of nitrogens with zero attached hydrogens (tertiary/aromatic N) is 5. The van der Waals surface area contributed by atoms with Crippen LogP contribution in [-0.2, 0) is 0 Å². The molecule has 2 aliphatic heterocycles. The number of rotatable bonds is 3. The van der Waals surface area contributed by atoms with Gasteiger partial charge < -0.3 is 4.90 Å². The molecule has 0 radical (unpaired) electrons. The molecule has 2 saturated heterocycles. The molecule has 5 nitrogen and oxygen atoms in total. The van der Waals surface area contributed by atoms with E-state index < -0.39 is 0 Å². The summed E-state index contributed by atoms with van der Waals surface area (Å²) < 4.78 is 1.99. The number of piperidine rings is 1. The summed E-state index contributed by atoms with van der Waals surface area (Å²) in [6.45, 7) is 10.9. The first-order chi connectivity index (χ1) is 14.8. The normalized spacial score (nSPS) is 18.3. The zero-order chi connectivity index (χ0) is 20.9. The van der Waals surface area contributed by atoms with E-state index in [-0.39, 0.29) is 0 Å². The molecule has 0 saturated carbocycles. The van der Waals surface area contributed by atoms with E-state index in [9.17, 15) is 0 Å². The van der Waals surface area contributed by atoms with E-state index in [0.717, 1.165) is 23.1 Å². The van der Waals surface area contributed by atoms with Crippen LogP contribution in [-0.4, -0.2) is 64.0 Å². The van der Waals surface area contributed by atoms with Gasteiger partial charge in [-0.3, -0.25) is 4.90 Å². The number of anilines is 1. The minimum atomic E-state index is 0.790. The molecule has 1 aromatic carbocycles. The van der Waals surface area contributed by atoms with Crippen LogP contribution in [0.1, 0.15) is 32.5 Å².